The van der Waals surface area contributed by atoms with Crippen LogP contribution < -0.4 is 27.0 Å². The minimum absolute atomic E-state index is 0.0512. The third-order valence-corrected chi connectivity index (χ3v) is 4.18. The Balaban J connectivity index is 2.58. The summed E-state index contributed by atoms with van der Waals surface area (Å²) in [6, 6.07) is -2.73. The van der Waals surface area contributed by atoms with Crippen molar-refractivity contribution in [1.29, 1.82) is 0 Å². The lowest BCUT2D eigenvalue weighted by Crippen LogP contribution is -2.54. The summed E-state index contributed by atoms with van der Waals surface area (Å²) in [5.41, 5.74) is 5.13. The van der Waals surface area contributed by atoms with Crippen molar-refractivity contribution in [2.45, 2.75) is 57.7 Å². The van der Waals surface area contributed by atoms with Gasteiger partial charge in [-0.25, -0.2) is 4.79 Å². The predicted molar refractivity (Wildman–Crippen MR) is 98.8 cm³/mol. The SMILES string of the molecule is CC(C)CC(NC(=O)CNC(=O)C(CC(N)=O)NC(=O)C1CCCN1)C(=O)O. The monoisotopic (exact) mass is 399 g/mol. The van der Waals surface area contributed by atoms with Gasteiger partial charge in [-0.2, -0.15) is 0 Å². The van der Waals surface area contributed by atoms with Gasteiger partial charge < -0.3 is 32.1 Å². The fourth-order valence-corrected chi connectivity index (χ4v) is 2.82. The lowest BCUT2D eigenvalue weighted by molar-refractivity contribution is -0.142. The van der Waals surface area contributed by atoms with Gasteiger partial charge >= 0.3 is 5.97 Å². The maximum atomic E-state index is 12.3. The first kappa shape index (κ1) is 23.3. The molecule has 0 bridgehead atoms. The molecule has 1 fully saturated rings. The van der Waals surface area contributed by atoms with Crippen LogP contribution in [-0.4, -0.2) is 65.9 Å². The van der Waals surface area contributed by atoms with Crippen LogP contribution in [0.2, 0.25) is 0 Å². The van der Waals surface area contributed by atoms with E-state index in [9.17, 15) is 24.0 Å². The number of hydrogen-bond donors (Lipinski definition) is 6. The van der Waals surface area contributed by atoms with E-state index in [1.54, 1.807) is 0 Å². The first-order valence-electron chi connectivity index (χ1n) is 9.22. The molecular weight excluding hydrogens is 370 g/mol. The molecule has 0 spiro atoms. The van der Waals surface area contributed by atoms with Crippen LogP contribution in [0, 0.1) is 5.92 Å². The normalized spacial score (nSPS) is 18.2. The van der Waals surface area contributed by atoms with E-state index in [0.29, 0.717) is 13.0 Å². The molecule has 0 saturated carbocycles. The molecule has 11 nitrogen and oxygen atoms in total. The van der Waals surface area contributed by atoms with Crippen molar-refractivity contribution in [3.63, 3.8) is 0 Å². The van der Waals surface area contributed by atoms with Gasteiger partial charge in [-0.05, 0) is 31.7 Å². The first-order chi connectivity index (χ1) is 13.1. The van der Waals surface area contributed by atoms with Gasteiger partial charge in [0.25, 0.3) is 0 Å². The van der Waals surface area contributed by atoms with E-state index < -0.39 is 60.7 Å². The van der Waals surface area contributed by atoms with Crippen molar-refractivity contribution in [2.24, 2.45) is 11.7 Å². The quantitative estimate of drug-likeness (QED) is 0.229. The molecule has 0 aromatic heterocycles. The van der Waals surface area contributed by atoms with Gasteiger partial charge in [-0.3, -0.25) is 19.2 Å². The Kier molecular flexibility index (Phi) is 9.36. The second-order valence-electron chi connectivity index (χ2n) is 7.19. The average Bonchev–Trinajstić information content (AvgIpc) is 3.12. The Morgan fingerprint density at radius 2 is 1.82 bits per heavy atom. The third kappa shape index (κ3) is 8.33. The van der Waals surface area contributed by atoms with Crippen molar-refractivity contribution >= 4 is 29.6 Å². The van der Waals surface area contributed by atoms with Gasteiger partial charge in [0.1, 0.15) is 12.1 Å². The van der Waals surface area contributed by atoms with Crippen molar-refractivity contribution in [3.05, 3.63) is 0 Å². The molecule has 1 saturated heterocycles. The Morgan fingerprint density at radius 1 is 1.14 bits per heavy atom. The fourth-order valence-electron chi connectivity index (χ4n) is 2.82. The average molecular weight is 399 g/mol. The zero-order chi connectivity index (χ0) is 21.3. The number of amides is 4. The molecule has 0 radical (unpaired) electrons. The van der Waals surface area contributed by atoms with Crippen LogP contribution in [0.3, 0.4) is 0 Å². The number of primary amides is 1. The Bertz CT molecular complexity index is 603. The highest BCUT2D eigenvalue weighted by molar-refractivity contribution is 5.95. The van der Waals surface area contributed by atoms with Crippen molar-refractivity contribution in [2.75, 3.05) is 13.1 Å². The fraction of sp³-hybridized carbons (Fsp3) is 0.706. The number of rotatable bonds is 11. The molecule has 1 heterocycles. The first-order valence-corrected chi connectivity index (χ1v) is 9.22. The lowest BCUT2D eigenvalue weighted by Gasteiger charge is -2.20. The van der Waals surface area contributed by atoms with E-state index in [1.807, 2.05) is 13.8 Å². The summed E-state index contributed by atoms with van der Waals surface area (Å²) >= 11 is 0. The van der Waals surface area contributed by atoms with Crippen molar-refractivity contribution < 1.29 is 29.1 Å². The summed E-state index contributed by atoms with van der Waals surface area (Å²) in [6.07, 6.45) is 1.26. The summed E-state index contributed by atoms with van der Waals surface area (Å²) < 4.78 is 0. The highest BCUT2D eigenvalue weighted by Gasteiger charge is 2.29. The second-order valence-corrected chi connectivity index (χ2v) is 7.19. The maximum Gasteiger partial charge on any atom is 0.326 e. The van der Waals surface area contributed by atoms with E-state index in [-0.39, 0.29) is 12.3 Å². The van der Waals surface area contributed by atoms with Crippen LogP contribution in [0.4, 0.5) is 0 Å². The topological polar surface area (TPSA) is 180 Å². The van der Waals surface area contributed by atoms with Crippen LogP contribution in [-0.2, 0) is 24.0 Å². The largest absolute Gasteiger partial charge is 0.480 e. The van der Waals surface area contributed by atoms with Gasteiger partial charge in [0.15, 0.2) is 0 Å². The van der Waals surface area contributed by atoms with Gasteiger partial charge in [-0.15, -0.1) is 0 Å². The molecule has 1 aliphatic rings. The lowest BCUT2D eigenvalue weighted by atomic mass is 10.0. The van der Waals surface area contributed by atoms with E-state index in [1.165, 1.54) is 0 Å². The maximum absolute atomic E-state index is 12.3. The minimum Gasteiger partial charge on any atom is -0.480 e. The molecule has 1 aliphatic heterocycles. The van der Waals surface area contributed by atoms with Crippen LogP contribution in [0.15, 0.2) is 0 Å². The Morgan fingerprint density at radius 3 is 2.32 bits per heavy atom. The van der Waals surface area contributed by atoms with Crippen molar-refractivity contribution in [3.8, 4) is 0 Å². The summed E-state index contributed by atoms with van der Waals surface area (Å²) in [5, 5.41) is 19.2. The summed E-state index contributed by atoms with van der Waals surface area (Å²) in [7, 11) is 0. The summed E-state index contributed by atoms with van der Waals surface area (Å²) in [5.74, 6) is -3.77. The zero-order valence-electron chi connectivity index (χ0n) is 16.1. The summed E-state index contributed by atoms with van der Waals surface area (Å²) in [6.45, 7) is 3.83. The van der Waals surface area contributed by atoms with Gasteiger partial charge in [0, 0.05) is 0 Å². The highest BCUT2D eigenvalue weighted by Crippen LogP contribution is 2.06. The van der Waals surface area contributed by atoms with Crippen LogP contribution in [0.5, 0.6) is 0 Å². The number of carboxylic acid groups (broad SMARTS) is 1. The van der Waals surface area contributed by atoms with Crippen molar-refractivity contribution in [1.82, 2.24) is 21.3 Å². The molecule has 3 unspecified atom stereocenters. The minimum atomic E-state index is -1.22. The van der Waals surface area contributed by atoms with E-state index in [2.05, 4.69) is 21.3 Å². The van der Waals surface area contributed by atoms with Crippen LogP contribution >= 0.6 is 0 Å². The van der Waals surface area contributed by atoms with E-state index in [0.717, 1.165) is 6.42 Å². The van der Waals surface area contributed by atoms with Gasteiger partial charge in [0.2, 0.25) is 23.6 Å². The molecular formula is C17H29N5O6. The number of hydrogen-bond acceptors (Lipinski definition) is 6. The molecule has 28 heavy (non-hydrogen) atoms. The molecule has 4 amide bonds. The second kappa shape index (κ2) is 11.2. The molecule has 0 aromatic rings. The molecule has 0 aliphatic carbocycles. The van der Waals surface area contributed by atoms with Crippen LogP contribution in [0.25, 0.3) is 0 Å². The Hall–Kier alpha value is -2.69. The number of nitrogens with two attached hydrogens (primary N) is 1. The smallest absolute Gasteiger partial charge is 0.326 e. The van der Waals surface area contributed by atoms with Gasteiger partial charge in [0.05, 0.1) is 19.0 Å². The number of carbonyl (C=O) groups excluding carboxylic acids is 4. The zero-order valence-corrected chi connectivity index (χ0v) is 16.1. The number of nitrogens with one attached hydrogen (secondary N) is 4. The molecule has 11 heteroatoms. The third-order valence-electron chi connectivity index (χ3n) is 4.18. The number of carbonyl (C=O) groups is 5. The molecule has 0 aromatic carbocycles. The molecule has 7 N–H and O–H groups in total. The molecule has 1 rings (SSSR count). The number of carboxylic acids is 1. The van der Waals surface area contributed by atoms with Gasteiger partial charge in [-0.1, -0.05) is 13.8 Å². The standard InChI is InChI=1S/C17H29N5O6/c1-9(2)6-12(17(27)28)21-14(24)8-20-15(25)11(7-13(18)23)22-16(26)10-4-3-5-19-10/h9-12,19H,3-8H2,1-2H3,(H2,18,23)(H,20,25)(H,21,24)(H,22,26)(H,27,28). The highest BCUT2D eigenvalue weighted by atomic mass is 16.4. The molecule has 3 atom stereocenters. The van der Waals surface area contributed by atoms with Crippen LogP contribution in [0.1, 0.15) is 39.5 Å². The predicted octanol–water partition coefficient (Wildman–Crippen LogP) is -2.17. The van der Waals surface area contributed by atoms with E-state index >= 15 is 0 Å². The molecule has 158 valence electrons. The van der Waals surface area contributed by atoms with E-state index in [4.69, 9.17) is 10.8 Å². The number of aliphatic carboxylic acids is 1. The summed E-state index contributed by atoms with van der Waals surface area (Å²) in [4.78, 5) is 58.8. The Labute approximate surface area is 163 Å².